The third-order valence-electron chi connectivity index (χ3n) is 12.1. The number of hydrogen-bond acceptors (Lipinski definition) is 5. The second kappa shape index (κ2) is 13.6. The first-order valence-corrected chi connectivity index (χ1v) is 21.6. The molecule has 0 aliphatic heterocycles. The summed E-state index contributed by atoms with van der Waals surface area (Å²) in [4.78, 5) is 4.78. The largest absolute Gasteiger partial charge is 0.454 e. The third kappa shape index (κ3) is 5.65. The summed E-state index contributed by atoms with van der Waals surface area (Å²) in [7, 11) is 0. The summed E-state index contributed by atoms with van der Waals surface area (Å²) in [6.07, 6.45) is 0. The van der Waals surface area contributed by atoms with E-state index >= 15 is 0 Å². The Morgan fingerprint density at radius 1 is 0.344 bits per heavy atom. The van der Waals surface area contributed by atoms with Crippen LogP contribution in [0.15, 0.2) is 179 Å². The molecule has 0 saturated heterocycles. The summed E-state index contributed by atoms with van der Waals surface area (Å²) < 4.78 is 15.8. The van der Waals surface area contributed by atoms with Crippen molar-refractivity contribution in [1.82, 2.24) is 0 Å². The monoisotopic (exact) mass is 804 g/mol. The van der Waals surface area contributed by atoms with E-state index in [0.717, 1.165) is 78.0 Å². The first-order chi connectivity index (χ1) is 29.9. The van der Waals surface area contributed by atoms with Gasteiger partial charge in [-0.3, -0.25) is 0 Å². The molecule has 292 valence electrons. The summed E-state index contributed by atoms with van der Waals surface area (Å²) in [6, 6.07) is 61.5. The van der Waals surface area contributed by atoms with Crippen LogP contribution in [0.5, 0.6) is 0 Å². The van der Waals surface area contributed by atoms with Gasteiger partial charge in [0.2, 0.25) is 0 Å². The molecule has 0 fully saturated rings. The smallest absolute Gasteiger partial charge is 0.159 e. The van der Waals surface area contributed by atoms with E-state index in [1.807, 2.05) is 23.5 Å². The zero-order chi connectivity index (χ0) is 40.9. The Hall–Kier alpha value is -7.34. The van der Waals surface area contributed by atoms with E-state index in [0.29, 0.717) is 0 Å². The Bertz CT molecular complexity index is 3700. The van der Waals surface area contributed by atoms with E-state index in [9.17, 15) is 0 Å². The van der Waals surface area contributed by atoms with Gasteiger partial charge in [0.1, 0.15) is 11.2 Å². The van der Waals surface area contributed by atoms with E-state index in [-0.39, 0.29) is 0 Å². The maximum absolute atomic E-state index is 6.73. The molecule has 0 aliphatic rings. The summed E-state index contributed by atoms with van der Waals surface area (Å²) in [6.45, 7) is 8.70. The molecule has 12 rings (SSSR count). The molecule has 3 heterocycles. The molecule has 0 unspecified atom stereocenters. The van der Waals surface area contributed by atoms with Gasteiger partial charge in [0.25, 0.3) is 0 Å². The number of aryl methyl sites for hydroxylation is 4. The van der Waals surface area contributed by atoms with Crippen molar-refractivity contribution in [2.75, 3.05) is 9.80 Å². The van der Waals surface area contributed by atoms with Gasteiger partial charge in [-0.05, 0) is 122 Å². The normalized spacial score (nSPS) is 11.9. The zero-order valence-corrected chi connectivity index (χ0v) is 35.1. The Morgan fingerprint density at radius 3 is 1.43 bits per heavy atom. The van der Waals surface area contributed by atoms with Crippen LogP contribution in [0, 0.1) is 27.7 Å². The van der Waals surface area contributed by atoms with Crippen molar-refractivity contribution in [3.05, 3.63) is 192 Å². The summed E-state index contributed by atoms with van der Waals surface area (Å²) in [5.74, 6) is 0. The molecular formula is C56H40N2O2S. The molecule has 0 aliphatic carbocycles. The minimum atomic E-state index is 0.874. The lowest BCUT2D eigenvalue weighted by molar-refractivity contribution is 0.668. The van der Waals surface area contributed by atoms with Crippen molar-refractivity contribution in [2.45, 2.75) is 27.7 Å². The van der Waals surface area contributed by atoms with Crippen LogP contribution in [0.3, 0.4) is 0 Å². The second-order valence-corrected chi connectivity index (χ2v) is 17.5. The molecule has 61 heavy (non-hydrogen) atoms. The molecule has 0 amide bonds. The van der Waals surface area contributed by atoms with Crippen molar-refractivity contribution in [3.63, 3.8) is 0 Å². The summed E-state index contributed by atoms with van der Waals surface area (Å²) >= 11 is 1.85. The van der Waals surface area contributed by atoms with Crippen molar-refractivity contribution < 1.29 is 8.83 Å². The lowest BCUT2D eigenvalue weighted by Gasteiger charge is -2.28. The van der Waals surface area contributed by atoms with Crippen LogP contribution < -0.4 is 9.80 Å². The molecule has 5 heteroatoms. The van der Waals surface area contributed by atoms with Gasteiger partial charge >= 0.3 is 0 Å². The third-order valence-corrected chi connectivity index (χ3v) is 13.2. The van der Waals surface area contributed by atoms with Gasteiger partial charge in [0.15, 0.2) is 11.2 Å². The highest BCUT2D eigenvalue weighted by Crippen LogP contribution is 2.50. The number of thiophene rings is 1. The van der Waals surface area contributed by atoms with Crippen LogP contribution in [0.4, 0.5) is 34.1 Å². The molecule has 0 N–H and O–H groups in total. The number of hydrogen-bond donors (Lipinski definition) is 0. The number of fused-ring (bicyclic) bond motifs is 11. The van der Waals surface area contributed by atoms with Crippen LogP contribution >= 0.6 is 11.3 Å². The van der Waals surface area contributed by atoms with Crippen molar-refractivity contribution in [2.24, 2.45) is 0 Å². The fraction of sp³-hybridized carbons (Fsp3) is 0.0714. The van der Waals surface area contributed by atoms with Crippen LogP contribution in [0.25, 0.3) is 74.8 Å². The Morgan fingerprint density at radius 2 is 0.836 bits per heavy atom. The average molecular weight is 805 g/mol. The molecule has 0 saturated carbocycles. The minimum absolute atomic E-state index is 0.874. The Balaban J connectivity index is 1.11. The molecule has 0 bridgehead atoms. The predicted molar refractivity (Wildman–Crippen MR) is 260 cm³/mol. The molecule has 0 atom stereocenters. The molecule has 9 aromatic carbocycles. The highest BCUT2D eigenvalue weighted by Gasteiger charge is 2.25. The minimum Gasteiger partial charge on any atom is -0.454 e. The maximum Gasteiger partial charge on any atom is 0.159 e. The number of anilines is 6. The highest BCUT2D eigenvalue weighted by atomic mass is 32.1. The van der Waals surface area contributed by atoms with Crippen LogP contribution in [0.2, 0.25) is 0 Å². The van der Waals surface area contributed by atoms with Gasteiger partial charge in [0.05, 0.1) is 17.1 Å². The summed E-state index contributed by atoms with van der Waals surface area (Å²) in [5, 5.41) is 9.36. The van der Waals surface area contributed by atoms with Crippen molar-refractivity contribution in [3.8, 4) is 0 Å². The molecule has 3 aromatic heterocycles. The van der Waals surface area contributed by atoms with E-state index < -0.39 is 0 Å². The van der Waals surface area contributed by atoms with Crippen LogP contribution in [0.1, 0.15) is 22.3 Å². The first-order valence-electron chi connectivity index (χ1n) is 20.8. The summed E-state index contributed by atoms with van der Waals surface area (Å²) in [5.41, 5.74) is 14.8. The number of nitrogens with zero attached hydrogens (tertiary/aromatic N) is 2. The highest BCUT2D eigenvalue weighted by molar-refractivity contribution is 7.26. The standard InChI is InChI=1S/C56H40N2O2S/c1-33-25-34(2)28-38(27-33)57(47-19-11-17-44-41-14-7-9-21-50(41)59-55(44)47)37-23-24-46-52(31-37)61-53-32-49(40-13-5-6-16-43(40)54(46)53)58(39-29-35(3)26-36(4)30-39)48-20-12-18-45-42-15-8-10-22-51(42)60-56(45)48/h5-32H,1-4H3. The van der Waals surface area contributed by atoms with Crippen LogP contribution in [-0.2, 0) is 0 Å². The Labute approximate surface area is 357 Å². The Kier molecular flexibility index (Phi) is 7.93. The number of benzene rings is 9. The van der Waals surface area contributed by atoms with Gasteiger partial charge in [-0.25, -0.2) is 0 Å². The number of para-hydroxylation sites is 4. The fourth-order valence-corrected chi connectivity index (χ4v) is 10.9. The number of rotatable bonds is 6. The van der Waals surface area contributed by atoms with E-state index in [1.165, 1.54) is 53.2 Å². The van der Waals surface area contributed by atoms with Gasteiger partial charge in [0, 0.05) is 64.2 Å². The number of furan rings is 2. The van der Waals surface area contributed by atoms with Crippen LogP contribution in [-0.4, -0.2) is 0 Å². The molecule has 0 spiro atoms. The maximum atomic E-state index is 6.73. The molecule has 12 aromatic rings. The van der Waals surface area contributed by atoms with E-state index in [4.69, 9.17) is 8.83 Å². The van der Waals surface area contributed by atoms with Crippen molar-refractivity contribution >= 4 is 120 Å². The SMILES string of the molecule is Cc1cc(C)cc(N(c2ccc3c(c2)sc2cc(N(c4cc(C)cc(C)c4)c4cccc5c4oc4ccccc45)c4ccccc4c23)c2cccc3c2oc2ccccc23)c1. The lowest BCUT2D eigenvalue weighted by atomic mass is 10.00. The van der Waals surface area contributed by atoms with Crippen molar-refractivity contribution in [1.29, 1.82) is 0 Å². The van der Waals surface area contributed by atoms with Gasteiger partial charge in [-0.2, -0.15) is 0 Å². The topological polar surface area (TPSA) is 32.8 Å². The van der Waals surface area contributed by atoms with E-state index in [2.05, 4.69) is 195 Å². The van der Waals surface area contributed by atoms with Gasteiger partial charge < -0.3 is 18.6 Å². The predicted octanol–water partition coefficient (Wildman–Crippen LogP) is 17.2. The molecule has 4 nitrogen and oxygen atoms in total. The second-order valence-electron chi connectivity index (χ2n) is 16.5. The fourth-order valence-electron chi connectivity index (χ4n) is 9.75. The van der Waals surface area contributed by atoms with Gasteiger partial charge in [-0.1, -0.05) is 103 Å². The quantitative estimate of drug-likeness (QED) is 0.168. The average Bonchev–Trinajstić information content (AvgIpc) is 3.95. The zero-order valence-electron chi connectivity index (χ0n) is 34.3. The van der Waals surface area contributed by atoms with E-state index in [1.54, 1.807) is 0 Å². The first kappa shape index (κ1) is 35.6. The van der Waals surface area contributed by atoms with Gasteiger partial charge in [-0.15, -0.1) is 11.3 Å². The lowest BCUT2D eigenvalue weighted by Crippen LogP contribution is -2.11. The molecular weight excluding hydrogens is 765 g/mol. The molecule has 0 radical (unpaired) electrons.